The Kier molecular flexibility index (Phi) is 4.82. The van der Waals surface area contributed by atoms with E-state index in [4.69, 9.17) is 5.73 Å². The zero-order chi connectivity index (χ0) is 18.9. The van der Waals surface area contributed by atoms with Gasteiger partial charge in [0.1, 0.15) is 0 Å². The fourth-order valence-corrected chi connectivity index (χ4v) is 3.55. The van der Waals surface area contributed by atoms with Crippen molar-refractivity contribution in [1.82, 2.24) is 29.7 Å². The Morgan fingerprint density at radius 1 is 1.23 bits per heavy atom. The summed E-state index contributed by atoms with van der Waals surface area (Å²) in [6.45, 7) is 8.14. The molecule has 0 saturated carbocycles. The second kappa shape index (κ2) is 6.91. The first-order valence-corrected chi connectivity index (χ1v) is 9.13. The molecule has 0 fully saturated rings. The molecule has 3 aromatic heterocycles. The largest absolute Gasteiger partial charge is 0.369 e. The van der Waals surface area contributed by atoms with Gasteiger partial charge in [0.05, 0.1) is 22.5 Å². The minimum atomic E-state index is -0.457. The summed E-state index contributed by atoms with van der Waals surface area (Å²) in [6.07, 6.45) is 4.13. The maximum absolute atomic E-state index is 11.3. The molecule has 0 aliphatic heterocycles. The van der Waals surface area contributed by atoms with Gasteiger partial charge < -0.3 is 5.73 Å². The van der Waals surface area contributed by atoms with Crippen molar-refractivity contribution in [1.29, 1.82) is 0 Å². The molecule has 0 bridgehead atoms. The van der Waals surface area contributed by atoms with Crippen LogP contribution in [0.15, 0.2) is 18.5 Å². The first-order chi connectivity index (χ1) is 12.3. The van der Waals surface area contributed by atoms with Crippen molar-refractivity contribution in [3.63, 3.8) is 0 Å². The van der Waals surface area contributed by atoms with Crippen molar-refractivity contribution in [3.8, 4) is 21.5 Å². The zero-order valence-electron chi connectivity index (χ0n) is 15.2. The summed E-state index contributed by atoms with van der Waals surface area (Å²) >= 11 is 1.48. The van der Waals surface area contributed by atoms with Crippen molar-refractivity contribution >= 4 is 17.2 Å². The quantitative estimate of drug-likeness (QED) is 0.736. The Morgan fingerprint density at radius 2 is 1.92 bits per heavy atom. The van der Waals surface area contributed by atoms with Gasteiger partial charge in [-0.2, -0.15) is 5.10 Å². The Balaban J connectivity index is 2.15. The third kappa shape index (κ3) is 3.62. The molecule has 8 nitrogen and oxygen atoms in total. The highest BCUT2D eigenvalue weighted by atomic mass is 32.1. The SMILES string of the molecule is CCc1nc(-c2ncccn2)sc1-c1nc(CC(N)=O)nn1C(C)(C)C. The lowest BCUT2D eigenvalue weighted by Crippen LogP contribution is -2.24. The average molecular weight is 371 g/mol. The fourth-order valence-electron chi connectivity index (χ4n) is 2.47. The smallest absolute Gasteiger partial charge is 0.225 e. The van der Waals surface area contributed by atoms with Crippen molar-refractivity contribution < 1.29 is 4.79 Å². The molecule has 0 aliphatic rings. The Hall–Kier alpha value is -2.68. The van der Waals surface area contributed by atoms with Crippen LogP contribution < -0.4 is 5.73 Å². The van der Waals surface area contributed by atoms with E-state index in [9.17, 15) is 4.79 Å². The van der Waals surface area contributed by atoms with Crippen molar-refractivity contribution in [2.45, 2.75) is 46.1 Å². The molecule has 0 aromatic carbocycles. The van der Waals surface area contributed by atoms with Gasteiger partial charge in [0.25, 0.3) is 0 Å². The van der Waals surface area contributed by atoms with Crippen LogP contribution in [0.3, 0.4) is 0 Å². The maximum Gasteiger partial charge on any atom is 0.225 e. The minimum absolute atomic E-state index is 0.00496. The zero-order valence-corrected chi connectivity index (χ0v) is 16.0. The van der Waals surface area contributed by atoms with Gasteiger partial charge >= 0.3 is 0 Å². The molecule has 9 heteroatoms. The van der Waals surface area contributed by atoms with Gasteiger partial charge in [-0.1, -0.05) is 6.92 Å². The summed E-state index contributed by atoms with van der Waals surface area (Å²) < 4.78 is 1.83. The van der Waals surface area contributed by atoms with Gasteiger partial charge in [-0.3, -0.25) is 4.79 Å². The highest BCUT2D eigenvalue weighted by molar-refractivity contribution is 7.18. The molecular weight excluding hydrogens is 350 g/mol. The Labute approximate surface area is 155 Å². The molecule has 0 atom stereocenters. The molecule has 3 aromatic rings. The highest BCUT2D eigenvalue weighted by Gasteiger charge is 2.26. The van der Waals surface area contributed by atoms with E-state index in [0.29, 0.717) is 17.5 Å². The van der Waals surface area contributed by atoms with Gasteiger partial charge in [0, 0.05) is 12.4 Å². The fraction of sp³-hybridized carbons (Fsp3) is 0.412. The van der Waals surface area contributed by atoms with Crippen LogP contribution in [-0.2, 0) is 23.2 Å². The lowest BCUT2D eigenvalue weighted by atomic mass is 10.1. The van der Waals surface area contributed by atoms with Crippen LogP contribution in [0.4, 0.5) is 0 Å². The highest BCUT2D eigenvalue weighted by Crippen LogP contribution is 2.35. The standard InChI is InChI=1S/C17H21N7OS/c1-5-10-13(26-16(21-10)14-19-7-6-8-20-14)15-22-12(9-11(18)25)23-24(15)17(2,3)4/h6-8H,5,9H2,1-4H3,(H2,18,25). The Bertz CT molecular complexity index is 924. The number of rotatable bonds is 5. The van der Waals surface area contributed by atoms with Gasteiger partial charge in [0.15, 0.2) is 22.5 Å². The molecule has 0 saturated heterocycles. The van der Waals surface area contributed by atoms with Crippen molar-refractivity contribution in [2.75, 3.05) is 0 Å². The first kappa shape index (κ1) is 18.1. The number of nitrogens with zero attached hydrogens (tertiary/aromatic N) is 6. The number of aromatic nitrogens is 6. The van der Waals surface area contributed by atoms with Crippen LogP contribution in [-0.4, -0.2) is 35.6 Å². The molecule has 3 heterocycles. The number of thiazole rings is 1. The van der Waals surface area contributed by atoms with Gasteiger partial charge in [-0.15, -0.1) is 11.3 Å². The first-order valence-electron chi connectivity index (χ1n) is 8.31. The van der Waals surface area contributed by atoms with E-state index >= 15 is 0 Å². The molecule has 26 heavy (non-hydrogen) atoms. The third-order valence-electron chi connectivity index (χ3n) is 3.61. The van der Waals surface area contributed by atoms with E-state index in [2.05, 4.69) is 25.0 Å². The predicted molar refractivity (Wildman–Crippen MR) is 99.4 cm³/mol. The summed E-state index contributed by atoms with van der Waals surface area (Å²) in [5.74, 6) is 1.22. The minimum Gasteiger partial charge on any atom is -0.369 e. The van der Waals surface area contributed by atoms with E-state index in [1.807, 2.05) is 32.4 Å². The van der Waals surface area contributed by atoms with Crippen LogP contribution in [0, 0.1) is 0 Å². The predicted octanol–water partition coefficient (Wildman–Crippen LogP) is 2.20. The van der Waals surface area contributed by atoms with Crippen LogP contribution in [0.2, 0.25) is 0 Å². The van der Waals surface area contributed by atoms with Crippen LogP contribution in [0.25, 0.3) is 21.5 Å². The monoisotopic (exact) mass is 371 g/mol. The third-order valence-corrected chi connectivity index (χ3v) is 4.70. The van der Waals surface area contributed by atoms with E-state index in [0.717, 1.165) is 22.0 Å². The van der Waals surface area contributed by atoms with Gasteiger partial charge in [-0.05, 0) is 33.3 Å². The number of amides is 1. The van der Waals surface area contributed by atoms with E-state index in [1.165, 1.54) is 11.3 Å². The number of nitrogens with two attached hydrogens (primary N) is 1. The van der Waals surface area contributed by atoms with Crippen molar-refractivity contribution in [2.24, 2.45) is 5.73 Å². The molecule has 0 radical (unpaired) electrons. The number of primary amides is 1. The van der Waals surface area contributed by atoms with E-state index < -0.39 is 5.91 Å². The Morgan fingerprint density at radius 3 is 2.50 bits per heavy atom. The molecule has 2 N–H and O–H groups in total. The average Bonchev–Trinajstić information content (AvgIpc) is 3.18. The molecule has 1 amide bonds. The van der Waals surface area contributed by atoms with Crippen LogP contribution >= 0.6 is 11.3 Å². The normalized spacial score (nSPS) is 11.7. The molecule has 136 valence electrons. The van der Waals surface area contributed by atoms with E-state index in [-0.39, 0.29) is 12.0 Å². The molecule has 0 unspecified atom stereocenters. The van der Waals surface area contributed by atoms with Gasteiger partial charge in [0.2, 0.25) is 5.91 Å². The molecule has 0 aliphatic carbocycles. The number of carbonyl (C=O) groups excluding carboxylic acids is 1. The summed E-state index contributed by atoms with van der Waals surface area (Å²) in [5, 5.41) is 5.24. The number of aryl methyl sites for hydroxylation is 1. The maximum atomic E-state index is 11.3. The summed E-state index contributed by atoms with van der Waals surface area (Å²) in [7, 11) is 0. The lowest BCUT2D eigenvalue weighted by molar-refractivity contribution is -0.117. The topological polar surface area (TPSA) is 112 Å². The molecule has 0 spiro atoms. The van der Waals surface area contributed by atoms with Crippen molar-refractivity contribution in [3.05, 3.63) is 30.0 Å². The number of carbonyl (C=O) groups is 1. The van der Waals surface area contributed by atoms with Crippen LogP contribution in [0.5, 0.6) is 0 Å². The second-order valence-electron chi connectivity index (χ2n) is 6.80. The second-order valence-corrected chi connectivity index (χ2v) is 7.80. The number of hydrogen-bond acceptors (Lipinski definition) is 7. The number of hydrogen-bond donors (Lipinski definition) is 1. The molecule has 3 rings (SSSR count). The lowest BCUT2D eigenvalue weighted by Gasteiger charge is -2.20. The summed E-state index contributed by atoms with van der Waals surface area (Å²) in [4.78, 5) is 30.0. The van der Waals surface area contributed by atoms with Gasteiger partial charge in [-0.25, -0.2) is 24.6 Å². The van der Waals surface area contributed by atoms with E-state index in [1.54, 1.807) is 18.5 Å². The summed E-state index contributed by atoms with van der Waals surface area (Å²) in [5.41, 5.74) is 5.91. The molecular formula is C17H21N7OS. The van der Waals surface area contributed by atoms with Crippen LogP contribution in [0.1, 0.15) is 39.2 Å². The summed E-state index contributed by atoms with van der Waals surface area (Å²) in [6, 6.07) is 1.77.